The van der Waals surface area contributed by atoms with E-state index >= 15 is 0 Å². The van der Waals surface area contributed by atoms with Crippen LogP contribution in [0.15, 0.2) is 41.3 Å². The maximum atomic E-state index is 12.9. The smallest absolute Gasteiger partial charge is 0.259 e. The Balaban J connectivity index is 1.94. The molecule has 2 aromatic rings. The van der Waals surface area contributed by atoms with Gasteiger partial charge in [0.05, 0.1) is 15.5 Å². The Morgan fingerprint density at radius 1 is 1.11 bits per heavy atom. The van der Waals surface area contributed by atoms with E-state index in [2.05, 4.69) is 0 Å². The van der Waals surface area contributed by atoms with Crippen LogP contribution in [-0.4, -0.2) is 38.3 Å². The van der Waals surface area contributed by atoms with E-state index in [-0.39, 0.29) is 10.8 Å². The first kappa shape index (κ1) is 20.1. The molecule has 3 rings (SSSR count). The maximum absolute atomic E-state index is 12.9. The summed E-state index contributed by atoms with van der Waals surface area (Å²) < 4.78 is 26.9. The molecule has 0 unspecified atom stereocenters. The molecule has 0 fully saturated rings. The number of sulfonamides is 1. The molecule has 5 nitrogen and oxygen atoms in total. The predicted octanol–water partition coefficient (Wildman–Crippen LogP) is 4.23. The molecule has 0 spiro atoms. The Morgan fingerprint density at radius 2 is 1.81 bits per heavy atom. The minimum absolute atomic E-state index is 0.227. The topological polar surface area (TPSA) is 57.7 Å². The van der Waals surface area contributed by atoms with Gasteiger partial charge >= 0.3 is 0 Å². The molecule has 0 radical (unpaired) electrons. The molecule has 1 aliphatic heterocycles. The fraction of sp³-hybridized carbons (Fsp3) is 0.316. The summed E-state index contributed by atoms with van der Waals surface area (Å²) in [5, 5.41) is 0.756. The zero-order valence-corrected chi connectivity index (χ0v) is 17.4. The molecule has 8 heteroatoms. The van der Waals surface area contributed by atoms with Crippen LogP contribution in [0.25, 0.3) is 0 Å². The number of nitrogens with zero attached hydrogens (tertiary/aromatic N) is 2. The lowest BCUT2D eigenvalue weighted by Gasteiger charge is -2.20. The van der Waals surface area contributed by atoms with Crippen LogP contribution in [0.5, 0.6) is 0 Å². The molecule has 1 heterocycles. The molecule has 1 aliphatic rings. The second-order valence-corrected chi connectivity index (χ2v) is 8.99. The first-order chi connectivity index (χ1) is 12.8. The fourth-order valence-corrected chi connectivity index (χ4v) is 5.27. The van der Waals surface area contributed by atoms with Crippen LogP contribution in [0.1, 0.15) is 29.8 Å². The summed E-state index contributed by atoms with van der Waals surface area (Å²) in [4.78, 5) is 14.8. The van der Waals surface area contributed by atoms with Gasteiger partial charge in [0.25, 0.3) is 5.91 Å². The molecule has 0 N–H and O–H groups in total. The van der Waals surface area contributed by atoms with Crippen LogP contribution in [0, 0.1) is 0 Å². The van der Waals surface area contributed by atoms with Crippen LogP contribution >= 0.6 is 23.2 Å². The Bertz CT molecular complexity index is 988. The van der Waals surface area contributed by atoms with Gasteiger partial charge < -0.3 is 4.90 Å². The second-order valence-electron chi connectivity index (χ2n) is 6.21. The van der Waals surface area contributed by atoms with Crippen molar-refractivity contribution >= 4 is 44.8 Å². The van der Waals surface area contributed by atoms with Gasteiger partial charge in [-0.3, -0.25) is 4.79 Å². The molecule has 27 heavy (non-hydrogen) atoms. The average Bonchev–Trinajstić information content (AvgIpc) is 3.05. The van der Waals surface area contributed by atoms with Crippen LogP contribution < -0.4 is 4.90 Å². The Morgan fingerprint density at radius 3 is 2.44 bits per heavy atom. The summed E-state index contributed by atoms with van der Waals surface area (Å²) in [7, 11) is -3.53. The Labute approximate surface area is 169 Å². The minimum Gasteiger partial charge on any atom is -0.308 e. The van der Waals surface area contributed by atoms with E-state index in [9.17, 15) is 13.2 Å². The number of fused-ring (bicyclic) bond motifs is 1. The van der Waals surface area contributed by atoms with Gasteiger partial charge in [0.1, 0.15) is 0 Å². The monoisotopic (exact) mass is 426 g/mol. The molecule has 2 aromatic carbocycles. The number of halogens is 2. The van der Waals surface area contributed by atoms with Crippen LogP contribution in [0.4, 0.5) is 5.69 Å². The Kier molecular flexibility index (Phi) is 5.82. The van der Waals surface area contributed by atoms with Crippen molar-refractivity contribution in [3.8, 4) is 0 Å². The normalized spacial score (nSPS) is 13.9. The van der Waals surface area contributed by atoms with E-state index in [1.807, 2.05) is 13.8 Å². The van der Waals surface area contributed by atoms with Crippen molar-refractivity contribution in [1.29, 1.82) is 0 Å². The number of hydrogen-bond acceptors (Lipinski definition) is 3. The van der Waals surface area contributed by atoms with Gasteiger partial charge in [-0.05, 0) is 48.4 Å². The number of rotatable bonds is 5. The SMILES string of the molecule is CCN(CC)S(=O)(=O)c1ccc2c(c1)CCN2C(=O)c1ccc(Cl)cc1Cl. The molecule has 0 saturated heterocycles. The summed E-state index contributed by atoms with van der Waals surface area (Å²) in [6.07, 6.45) is 0.591. The minimum atomic E-state index is -3.53. The molecule has 1 amide bonds. The standard InChI is InChI=1S/C19H20Cl2N2O3S/c1-3-22(4-2)27(25,26)15-6-8-18-13(11-15)9-10-23(18)19(24)16-7-5-14(20)12-17(16)21/h5-8,11-12H,3-4,9-10H2,1-2H3. The van der Waals surface area contributed by atoms with E-state index in [0.29, 0.717) is 47.4 Å². The molecule has 0 aromatic heterocycles. The van der Waals surface area contributed by atoms with Gasteiger partial charge in [-0.15, -0.1) is 0 Å². The summed E-state index contributed by atoms with van der Waals surface area (Å²) in [5.41, 5.74) is 1.92. The predicted molar refractivity (Wildman–Crippen MR) is 108 cm³/mol. The van der Waals surface area contributed by atoms with Crippen molar-refractivity contribution < 1.29 is 13.2 Å². The fourth-order valence-electron chi connectivity index (χ4n) is 3.27. The summed E-state index contributed by atoms with van der Waals surface area (Å²) in [6, 6.07) is 9.68. The lowest BCUT2D eigenvalue weighted by molar-refractivity contribution is 0.0989. The molecule has 0 saturated carbocycles. The summed E-state index contributed by atoms with van der Waals surface area (Å²) in [5.74, 6) is -0.227. The first-order valence-electron chi connectivity index (χ1n) is 8.69. The van der Waals surface area contributed by atoms with Crippen molar-refractivity contribution in [3.05, 3.63) is 57.6 Å². The third kappa shape index (κ3) is 3.72. The third-order valence-electron chi connectivity index (χ3n) is 4.70. The quantitative estimate of drug-likeness (QED) is 0.718. The highest BCUT2D eigenvalue weighted by atomic mass is 35.5. The highest BCUT2D eigenvalue weighted by Crippen LogP contribution is 2.33. The van der Waals surface area contributed by atoms with Gasteiger partial charge in [0.15, 0.2) is 0 Å². The Hall–Kier alpha value is -1.60. The lowest BCUT2D eigenvalue weighted by Crippen LogP contribution is -2.31. The molecular formula is C19H20Cl2N2O3S. The van der Waals surface area contributed by atoms with Gasteiger partial charge in [0.2, 0.25) is 10.0 Å². The zero-order chi connectivity index (χ0) is 19.8. The van der Waals surface area contributed by atoms with Crippen molar-refractivity contribution in [2.75, 3.05) is 24.5 Å². The van der Waals surface area contributed by atoms with Crippen LogP contribution in [-0.2, 0) is 16.4 Å². The van der Waals surface area contributed by atoms with E-state index < -0.39 is 10.0 Å². The van der Waals surface area contributed by atoms with E-state index in [4.69, 9.17) is 23.2 Å². The zero-order valence-electron chi connectivity index (χ0n) is 15.1. The summed E-state index contributed by atoms with van der Waals surface area (Å²) in [6.45, 7) is 4.92. The largest absolute Gasteiger partial charge is 0.308 e. The number of hydrogen-bond donors (Lipinski definition) is 0. The lowest BCUT2D eigenvalue weighted by atomic mass is 10.1. The van der Waals surface area contributed by atoms with E-state index in [1.165, 1.54) is 10.4 Å². The molecular weight excluding hydrogens is 407 g/mol. The number of carbonyl (C=O) groups excluding carboxylic acids is 1. The molecule has 144 valence electrons. The highest BCUT2D eigenvalue weighted by molar-refractivity contribution is 7.89. The van der Waals surface area contributed by atoms with Gasteiger partial charge in [-0.2, -0.15) is 4.31 Å². The van der Waals surface area contributed by atoms with Gasteiger partial charge in [-0.1, -0.05) is 37.0 Å². The first-order valence-corrected chi connectivity index (χ1v) is 10.9. The number of carbonyl (C=O) groups is 1. The van der Waals surface area contributed by atoms with Crippen molar-refractivity contribution in [2.45, 2.75) is 25.2 Å². The average molecular weight is 427 g/mol. The van der Waals surface area contributed by atoms with Crippen LogP contribution in [0.2, 0.25) is 10.0 Å². The van der Waals surface area contributed by atoms with E-state index in [1.54, 1.807) is 35.2 Å². The number of anilines is 1. The third-order valence-corrected chi connectivity index (χ3v) is 7.29. The van der Waals surface area contributed by atoms with Crippen molar-refractivity contribution in [1.82, 2.24) is 4.31 Å². The molecule has 0 aliphatic carbocycles. The number of benzene rings is 2. The summed E-state index contributed by atoms with van der Waals surface area (Å²) >= 11 is 12.1. The van der Waals surface area contributed by atoms with Crippen molar-refractivity contribution in [3.63, 3.8) is 0 Å². The van der Waals surface area contributed by atoms with Crippen LogP contribution in [0.3, 0.4) is 0 Å². The number of amides is 1. The maximum Gasteiger partial charge on any atom is 0.259 e. The van der Waals surface area contributed by atoms with Gasteiger partial charge in [0, 0.05) is 30.3 Å². The van der Waals surface area contributed by atoms with Crippen molar-refractivity contribution in [2.24, 2.45) is 0 Å². The van der Waals surface area contributed by atoms with E-state index in [0.717, 1.165) is 5.56 Å². The second kappa shape index (κ2) is 7.80. The molecule has 0 atom stereocenters. The molecule has 0 bridgehead atoms. The van der Waals surface area contributed by atoms with Gasteiger partial charge in [-0.25, -0.2) is 8.42 Å². The highest BCUT2D eigenvalue weighted by Gasteiger charge is 2.29.